The average molecular weight is 612 g/mol. The van der Waals surface area contributed by atoms with Crippen LogP contribution in [0.25, 0.3) is 27.5 Å². The van der Waals surface area contributed by atoms with Crippen molar-refractivity contribution >= 4 is 27.7 Å². The SMILES string of the molecule is N[S+](=O)(O)c1ccc(Cc2c(-c3ccc(F)c(-c4ccc(F)cc4)c3)nn(-c3nc(C(=O)O)cs3)c2C2CC2)c(F)c1. The van der Waals surface area contributed by atoms with E-state index in [1.807, 2.05) is 0 Å². The van der Waals surface area contributed by atoms with E-state index < -0.39 is 33.8 Å². The molecule has 1 aliphatic carbocycles. The summed E-state index contributed by atoms with van der Waals surface area (Å²) >= 11 is 1.09. The lowest BCUT2D eigenvalue weighted by atomic mass is 9.95. The number of halogens is 3. The van der Waals surface area contributed by atoms with Crippen LogP contribution in [0.2, 0.25) is 0 Å². The van der Waals surface area contributed by atoms with Gasteiger partial charge in [-0.1, -0.05) is 18.2 Å². The summed E-state index contributed by atoms with van der Waals surface area (Å²) in [5.41, 5.74) is 2.95. The Morgan fingerprint density at radius 3 is 2.36 bits per heavy atom. The van der Waals surface area contributed by atoms with Crippen LogP contribution in [0.3, 0.4) is 0 Å². The van der Waals surface area contributed by atoms with E-state index in [0.717, 1.165) is 35.9 Å². The lowest BCUT2D eigenvalue weighted by Gasteiger charge is -2.10. The highest BCUT2D eigenvalue weighted by Gasteiger charge is 2.35. The van der Waals surface area contributed by atoms with Gasteiger partial charge in [0.05, 0.1) is 11.4 Å². The maximum Gasteiger partial charge on any atom is 0.355 e. The van der Waals surface area contributed by atoms with Crippen LogP contribution in [0.5, 0.6) is 0 Å². The van der Waals surface area contributed by atoms with Gasteiger partial charge in [-0.15, -0.1) is 16.5 Å². The fraction of sp³-hybridized carbons (Fsp3) is 0.138. The lowest BCUT2D eigenvalue weighted by Crippen LogP contribution is -2.20. The Labute approximate surface area is 242 Å². The van der Waals surface area contributed by atoms with Crippen molar-refractivity contribution in [1.29, 1.82) is 0 Å². The number of nitrogens with two attached hydrogens (primary N) is 1. The number of thiazole rings is 1. The third-order valence-electron chi connectivity index (χ3n) is 7.00. The number of hydrogen-bond acceptors (Lipinski definition) is 5. The number of carboxylic acids is 1. The molecule has 42 heavy (non-hydrogen) atoms. The Hall–Kier alpha value is -4.17. The van der Waals surface area contributed by atoms with Crippen LogP contribution in [0.1, 0.15) is 46.1 Å². The predicted molar refractivity (Wildman–Crippen MR) is 151 cm³/mol. The van der Waals surface area contributed by atoms with Gasteiger partial charge >= 0.3 is 16.4 Å². The molecule has 0 bridgehead atoms. The third-order valence-corrected chi connectivity index (χ3v) is 8.75. The number of benzene rings is 3. The first-order chi connectivity index (χ1) is 20.0. The standard InChI is InChI=1S/C29H21F3N4O4S2/c30-19-7-3-15(4-8-19)21-12-18(6-10-23(21)31)26-22(11-17-5-9-20(13-24(17)32)42(33,39)40)27(16-1-2-16)36(35-26)29-34-25(14-41-29)28(37)38/h3-10,12-14,16H,1-2,11H2,(H3-,33,37,38,39,40)/p+1. The molecule has 3 aromatic carbocycles. The van der Waals surface area contributed by atoms with Gasteiger partial charge in [0.1, 0.15) is 17.5 Å². The molecule has 5 aromatic rings. The molecule has 0 amide bonds. The van der Waals surface area contributed by atoms with E-state index in [2.05, 4.69) is 4.98 Å². The number of rotatable bonds is 8. The van der Waals surface area contributed by atoms with E-state index in [4.69, 9.17) is 10.2 Å². The average Bonchev–Trinajstić information content (AvgIpc) is 3.52. The number of hydrogen-bond donors (Lipinski definition) is 3. The topological polar surface area (TPSA) is 131 Å². The first-order valence-corrected chi connectivity index (χ1v) is 15.1. The largest absolute Gasteiger partial charge is 0.476 e. The van der Waals surface area contributed by atoms with Crippen LogP contribution < -0.4 is 5.14 Å². The minimum Gasteiger partial charge on any atom is -0.476 e. The van der Waals surface area contributed by atoms with Gasteiger partial charge in [0.15, 0.2) is 5.69 Å². The maximum atomic E-state index is 15.3. The van der Waals surface area contributed by atoms with Crippen LogP contribution in [0.4, 0.5) is 13.2 Å². The van der Waals surface area contributed by atoms with Crippen LogP contribution in [0, 0.1) is 17.5 Å². The van der Waals surface area contributed by atoms with Crippen molar-refractivity contribution in [3.8, 4) is 27.5 Å². The summed E-state index contributed by atoms with van der Waals surface area (Å²) in [7, 11) is -3.87. The van der Waals surface area contributed by atoms with E-state index in [1.54, 1.807) is 10.7 Å². The molecule has 6 rings (SSSR count). The van der Waals surface area contributed by atoms with E-state index in [9.17, 15) is 27.4 Å². The number of aromatic carboxylic acids is 1. The quantitative estimate of drug-likeness (QED) is 0.173. The number of aromatic nitrogens is 3. The summed E-state index contributed by atoms with van der Waals surface area (Å²) in [6, 6.07) is 13.4. The molecular formula is C29H22F3N4O4S2+. The van der Waals surface area contributed by atoms with Crippen molar-refractivity contribution in [2.75, 3.05) is 0 Å². The molecule has 0 aliphatic heterocycles. The Morgan fingerprint density at radius 2 is 1.74 bits per heavy atom. The highest BCUT2D eigenvalue weighted by molar-refractivity contribution is 7.95. The van der Waals surface area contributed by atoms with Crippen LogP contribution >= 0.6 is 11.3 Å². The molecule has 2 aromatic heterocycles. The van der Waals surface area contributed by atoms with Gasteiger partial charge in [0.25, 0.3) is 0 Å². The zero-order chi connectivity index (χ0) is 29.8. The second kappa shape index (κ2) is 10.6. The maximum absolute atomic E-state index is 15.3. The van der Waals surface area contributed by atoms with Gasteiger partial charge in [0, 0.05) is 40.5 Å². The van der Waals surface area contributed by atoms with Gasteiger partial charge in [0.2, 0.25) is 10.0 Å². The molecule has 0 spiro atoms. The highest BCUT2D eigenvalue weighted by Crippen LogP contribution is 2.46. The minimum atomic E-state index is -3.87. The number of carbonyl (C=O) groups is 1. The Balaban J connectivity index is 1.54. The Morgan fingerprint density at radius 1 is 1.02 bits per heavy atom. The second-order valence-corrected chi connectivity index (χ2v) is 12.4. The molecule has 214 valence electrons. The van der Waals surface area contributed by atoms with E-state index >= 15 is 4.39 Å². The summed E-state index contributed by atoms with van der Waals surface area (Å²) in [4.78, 5) is 15.5. The molecule has 4 N–H and O–H groups in total. The summed E-state index contributed by atoms with van der Waals surface area (Å²) in [5.74, 6) is -2.89. The van der Waals surface area contributed by atoms with Gasteiger partial charge in [-0.2, -0.15) is 9.65 Å². The summed E-state index contributed by atoms with van der Waals surface area (Å²) in [5, 5.41) is 21.2. The third kappa shape index (κ3) is 5.39. The predicted octanol–water partition coefficient (Wildman–Crippen LogP) is 6.45. The molecule has 8 nitrogen and oxygen atoms in total. The Bertz CT molecular complexity index is 1900. The fourth-order valence-corrected chi connectivity index (χ4v) is 6.11. The highest BCUT2D eigenvalue weighted by atomic mass is 32.3. The van der Waals surface area contributed by atoms with Crippen molar-refractivity contribution in [1.82, 2.24) is 14.8 Å². The normalized spacial score (nSPS) is 14.6. The van der Waals surface area contributed by atoms with E-state index in [1.165, 1.54) is 53.9 Å². The minimum absolute atomic E-state index is 0.0187. The Kier molecular flexibility index (Phi) is 7.05. The van der Waals surface area contributed by atoms with Crippen LogP contribution in [-0.4, -0.2) is 30.4 Å². The molecular weight excluding hydrogens is 589 g/mol. The van der Waals surface area contributed by atoms with Gasteiger partial charge < -0.3 is 5.11 Å². The fourth-order valence-electron chi connectivity index (χ4n) is 4.82. The molecule has 1 saturated carbocycles. The van der Waals surface area contributed by atoms with Crippen LogP contribution in [-0.2, 0) is 21.0 Å². The van der Waals surface area contributed by atoms with E-state index in [-0.39, 0.29) is 34.1 Å². The summed E-state index contributed by atoms with van der Waals surface area (Å²) in [6.07, 6.45) is 1.66. The first-order valence-electron chi connectivity index (χ1n) is 12.7. The molecule has 1 aliphatic rings. The van der Waals surface area contributed by atoms with Crippen molar-refractivity contribution in [2.45, 2.75) is 30.1 Å². The van der Waals surface area contributed by atoms with Gasteiger partial charge in [-0.25, -0.2) is 27.6 Å². The molecule has 0 radical (unpaired) electrons. The second-order valence-electron chi connectivity index (χ2n) is 9.92. The molecule has 13 heteroatoms. The van der Waals surface area contributed by atoms with Gasteiger partial charge in [-0.05, 0) is 64.6 Å². The molecule has 1 unspecified atom stereocenters. The zero-order valence-corrected chi connectivity index (χ0v) is 23.3. The van der Waals surface area contributed by atoms with Crippen molar-refractivity contribution in [2.24, 2.45) is 5.14 Å². The molecule has 1 fully saturated rings. The summed E-state index contributed by atoms with van der Waals surface area (Å²) < 4.78 is 66.9. The van der Waals surface area contributed by atoms with Crippen molar-refractivity contribution in [3.63, 3.8) is 0 Å². The van der Waals surface area contributed by atoms with Gasteiger partial charge in [-0.3, -0.25) is 0 Å². The zero-order valence-electron chi connectivity index (χ0n) is 21.6. The molecule has 2 heterocycles. The number of nitrogens with zero attached hydrogens (tertiary/aromatic N) is 3. The number of carboxylic acid groups (broad SMARTS) is 1. The molecule has 0 saturated heterocycles. The monoisotopic (exact) mass is 611 g/mol. The van der Waals surface area contributed by atoms with Crippen molar-refractivity contribution in [3.05, 3.63) is 106 Å². The van der Waals surface area contributed by atoms with E-state index in [0.29, 0.717) is 27.5 Å². The summed E-state index contributed by atoms with van der Waals surface area (Å²) in [6.45, 7) is 0. The first kappa shape index (κ1) is 28.0. The molecule has 1 atom stereocenters. The smallest absolute Gasteiger partial charge is 0.355 e. The lowest BCUT2D eigenvalue weighted by molar-refractivity contribution is 0.0691. The van der Waals surface area contributed by atoms with Crippen LogP contribution in [0.15, 0.2) is 70.9 Å². The van der Waals surface area contributed by atoms with Crippen molar-refractivity contribution < 1.29 is 31.8 Å².